The summed E-state index contributed by atoms with van der Waals surface area (Å²) in [4.78, 5) is 0. The van der Waals surface area contributed by atoms with Gasteiger partial charge in [-0.05, 0) is 12.0 Å². The van der Waals surface area contributed by atoms with Gasteiger partial charge in [-0.1, -0.05) is 50.1 Å². The van der Waals surface area contributed by atoms with Crippen LogP contribution in [0.3, 0.4) is 0 Å². The van der Waals surface area contributed by atoms with Crippen LogP contribution in [-0.2, 0) is 11.3 Å². The SMILES string of the molecule is CCCCCOCc1ccccc1.N. The standard InChI is InChI=1S/C12H18O.H3N/c1-2-3-7-10-13-11-12-8-5-4-6-9-12;/h4-6,8-9H,2-3,7,10-11H2,1H3;1H3. The van der Waals surface area contributed by atoms with E-state index in [0.29, 0.717) is 0 Å². The van der Waals surface area contributed by atoms with Gasteiger partial charge in [-0.15, -0.1) is 0 Å². The lowest BCUT2D eigenvalue weighted by molar-refractivity contribution is 0.117. The van der Waals surface area contributed by atoms with Crippen LogP contribution in [0.5, 0.6) is 0 Å². The Kier molecular flexibility index (Phi) is 8.19. The largest absolute Gasteiger partial charge is 0.377 e. The van der Waals surface area contributed by atoms with Crippen molar-refractivity contribution in [3.8, 4) is 0 Å². The average molecular weight is 195 g/mol. The van der Waals surface area contributed by atoms with E-state index in [1.807, 2.05) is 18.2 Å². The highest BCUT2D eigenvalue weighted by Gasteiger charge is 1.90. The van der Waals surface area contributed by atoms with E-state index < -0.39 is 0 Å². The Morgan fingerprint density at radius 3 is 2.43 bits per heavy atom. The lowest BCUT2D eigenvalue weighted by atomic mass is 10.2. The van der Waals surface area contributed by atoms with Crippen LogP contribution in [0.4, 0.5) is 0 Å². The van der Waals surface area contributed by atoms with E-state index in [2.05, 4.69) is 19.1 Å². The summed E-state index contributed by atoms with van der Waals surface area (Å²) in [6.07, 6.45) is 3.72. The molecule has 0 spiro atoms. The van der Waals surface area contributed by atoms with Gasteiger partial charge in [-0.3, -0.25) is 0 Å². The Morgan fingerprint density at radius 2 is 1.79 bits per heavy atom. The van der Waals surface area contributed by atoms with Crippen LogP contribution in [0.15, 0.2) is 30.3 Å². The normalized spacial score (nSPS) is 9.50. The van der Waals surface area contributed by atoms with Gasteiger partial charge in [0.2, 0.25) is 0 Å². The van der Waals surface area contributed by atoms with Gasteiger partial charge < -0.3 is 10.9 Å². The van der Waals surface area contributed by atoms with Crippen molar-refractivity contribution in [2.24, 2.45) is 0 Å². The van der Waals surface area contributed by atoms with Gasteiger partial charge in [0.1, 0.15) is 0 Å². The fraction of sp³-hybridized carbons (Fsp3) is 0.500. The minimum absolute atomic E-state index is 0. The van der Waals surface area contributed by atoms with Gasteiger partial charge in [0, 0.05) is 6.61 Å². The predicted molar refractivity (Wildman–Crippen MR) is 60.6 cm³/mol. The second-order valence-corrected chi connectivity index (χ2v) is 3.25. The molecule has 0 atom stereocenters. The van der Waals surface area contributed by atoms with E-state index in [9.17, 15) is 0 Å². The number of rotatable bonds is 6. The molecule has 0 saturated carbocycles. The molecule has 3 N–H and O–H groups in total. The zero-order valence-corrected chi connectivity index (χ0v) is 9.04. The molecule has 14 heavy (non-hydrogen) atoms. The van der Waals surface area contributed by atoms with Crippen LogP contribution >= 0.6 is 0 Å². The van der Waals surface area contributed by atoms with Crippen molar-refractivity contribution >= 4 is 0 Å². The molecule has 0 aliphatic heterocycles. The third-order valence-electron chi connectivity index (χ3n) is 2.00. The molecule has 0 aliphatic carbocycles. The predicted octanol–water partition coefficient (Wildman–Crippen LogP) is 3.56. The van der Waals surface area contributed by atoms with Gasteiger partial charge in [0.05, 0.1) is 6.61 Å². The minimum atomic E-state index is 0. The number of unbranched alkanes of at least 4 members (excludes halogenated alkanes) is 2. The van der Waals surface area contributed by atoms with Crippen molar-refractivity contribution in [1.82, 2.24) is 6.15 Å². The van der Waals surface area contributed by atoms with Crippen molar-refractivity contribution in [1.29, 1.82) is 0 Å². The Morgan fingerprint density at radius 1 is 1.07 bits per heavy atom. The van der Waals surface area contributed by atoms with Crippen LogP contribution in [-0.4, -0.2) is 6.61 Å². The highest BCUT2D eigenvalue weighted by Crippen LogP contribution is 2.01. The molecule has 1 aromatic rings. The van der Waals surface area contributed by atoms with Crippen LogP contribution in [0.25, 0.3) is 0 Å². The summed E-state index contributed by atoms with van der Waals surface area (Å²) in [5.74, 6) is 0. The Hall–Kier alpha value is -0.860. The maximum absolute atomic E-state index is 5.52. The van der Waals surface area contributed by atoms with E-state index in [4.69, 9.17) is 4.74 Å². The Bertz CT molecular complexity index is 211. The first kappa shape index (κ1) is 13.1. The monoisotopic (exact) mass is 195 g/mol. The Labute approximate surface area is 86.9 Å². The van der Waals surface area contributed by atoms with Crippen molar-refractivity contribution in [2.75, 3.05) is 6.61 Å². The molecular weight excluding hydrogens is 174 g/mol. The van der Waals surface area contributed by atoms with Gasteiger partial charge in [-0.2, -0.15) is 0 Å². The summed E-state index contributed by atoms with van der Waals surface area (Å²) in [5.41, 5.74) is 1.26. The van der Waals surface area contributed by atoms with E-state index >= 15 is 0 Å². The maximum atomic E-state index is 5.52. The maximum Gasteiger partial charge on any atom is 0.0716 e. The van der Waals surface area contributed by atoms with Crippen LogP contribution in [0, 0.1) is 0 Å². The zero-order valence-electron chi connectivity index (χ0n) is 9.04. The summed E-state index contributed by atoms with van der Waals surface area (Å²) >= 11 is 0. The van der Waals surface area contributed by atoms with Crippen molar-refractivity contribution in [3.63, 3.8) is 0 Å². The quantitative estimate of drug-likeness (QED) is 0.705. The highest BCUT2D eigenvalue weighted by molar-refractivity contribution is 5.13. The summed E-state index contributed by atoms with van der Waals surface area (Å²) in [6, 6.07) is 10.3. The lowest BCUT2D eigenvalue weighted by Gasteiger charge is -2.02. The number of benzene rings is 1. The second kappa shape index (κ2) is 8.73. The van der Waals surface area contributed by atoms with Gasteiger partial charge in [0.15, 0.2) is 0 Å². The lowest BCUT2D eigenvalue weighted by Crippen LogP contribution is -1.94. The smallest absolute Gasteiger partial charge is 0.0716 e. The molecule has 0 bridgehead atoms. The van der Waals surface area contributed by atoms with Crippen LogP contribution in [0.2, 0.25) is 0 Å². The third kappa shape index (κ3) is 5.73. The summed E-state index contributed by atoms with van der Waals surface area (Å²) in [6.45, 7) is 3.85. The van der Waals surface area contributed by atoms with Gasteiger partial charge in [0.25, 0.3) is 0 Å². The van der Waals surface area contributed by atoms with E-state index in [-0.39, 0.29) is 6.15 Å². The molecular formula is C12H21NO. The number of hydrogen-bond acceptors (Lipinski definition) is 2. The highest BCUT2D eigenvalue weighted by atomic mass is 16.5. The topological polar surface area (TPSA) is 44.2 Å². The van der Waals surface area contributed by atoms with Crippen molar-refractivity contribution < 1.29 is 4.74 Å². The zero-order chi connectivity index (χ0) is 9.36. The number of ether oxygens (including phenoxy) is 1. The molecule has 1 aromatic carbocycles. The molecule has 0 aromatic heterocycles. The second-order valence-electron chi connectivity index (χ2n) is 3.25. The van der Waals surface area contributed by atoms with Gasteiger partial charge in [-0.25, -0.2) is 0 Å². The molecule has 0 aliphatic rings. The molecule has 0 saturated heterocycles. The molecule has 2 heteroatoms. The van der Waals surface area contributed by atoms with E-state index in [0.717, 1.165) is 13.2 Å². The molecule has 0 amide bonds. The molecule has 2 nitrogen and oxygen atoms in total. The van der Waals surface area contributed by atoms with E-state index in [1.165, 1.54) is 24.8 Å². The van der Waals surface area contributed by atoms with Crippen LogP contribution < -0.4 is 6.15 Å². The molecule has 0 radical (unpaired) electrons. The Balaban J connectivity index is 0.00000169. The minimum Gasteiger partial charge on any atom is -0.377 e. The first-order valence-corrected chi connectivity index (χ1v) is 5.05. The molecule has 1 rings (SSSR count). The summed E-state index contributed by atoms with van der Waals surface area (Å²) in [7, 11) is 0. The fourth-order valence-corrected chi connectivity index (χ4v) is 1.22. The summed E-state index contributed by atoms with van der Waals surface area (Å²) < 4.78 is 5.52. The third-order valence-corrected chi connectivity index (χ3v) is 2.00. The molecule has 0 heterocycles. The van der Waals surface area contributed by atoms with E-state index in [1.54, 1.807) is 0 Å². The van der Waals surface area contributed by atoms with Crippen molar-refractivity contribution in [3.05, 3.63) is 35.9 Å². The first-order valence-electron chi connectivity index (χ1n) is 5.05. The molecule has 0 unspecified atom stereocenters. The molecule has 80 valence electrons. The average Bonchev–Trinajstić information content (AvgIpc) is 2.19. The van der Waals surface area contributed by atoms with Crippen molar-refractivity contribution in [2.45, 2.75) is 32.8 Å². The summed E-state index contributed by atoms with van der Waals surface area (Å²) in [5, 5.41) is 0. The fourth-order valence-electron chi connectivity index (χ4n) is 1.22. The number of hydrogen-bond donors (Lipinski definition) is 1. The molecule has 0 fully saturated rings. The van der Waals surface area contributed by atoms with Gasteiger partial charge >= 0.3 is 0 Å². The first-order chi connectivity index (χ1) is 6.43. The van der Waals surface area contributed by atoms with Crippen LogP contribution in [0.1, 0.15) is 31.7 Å².